The number of hydrogen-bond donors (Lipinski definition) is 1. The fourth-order valence-electron chi connectivity index (χ4n) is 2.18. The molecule has 0 bridgehead atoms. The number of carbonyl (C=O) groups is 1. The molecule has 0 aliphatic heterocycles. The number of rotatable bonds is 7. The van der Waals surface area contributed by atoms with Crippen molar-refractivity contribution in [1.82, 2.24) is 5.43 Å². The number of hydrazone groups is 1. The van der Waals surface area contributed by atoms with Crippen LogP contribution < -0.4 is 19.6 Å². The van der Waals surface area contributed by atoms with Crippen molar-refractivity contribution in [3.05, 3.63) is 58.1 Å². The van der Waals surface area contributed by atoms with Crippen LogP contribution in [0.5, 0.6) is 17.2 Å². The predicted molar refractivity (Wildman–Crippen MR) is 105 cm³/mol. The van der Waals surface area contributed by atoms with Crippen molar-refractivity contribution in [3.63, 3.8) is 0 Å². The van der Waals surface area contributed by atoms with Gasteiger partial charge in [0.1, 0.15) is 0 Å². The first-order valence-corrected chi connectivity index (χ1v) is 8.44. The molecule has 7 heteroatoms. The molecule has 2 aromatic carbocycles. The Bertz CT molecular complexity index is 795. The standard InChI is InChI=1S/C19H19BrN2O4/c1-24-16-10-14(11-17(25-2)18(16)26-3)19(23)22-21-12-15(20)9-13-7-5-4-6-8-13/h4-12H,1-3H3,(H,22,23). The maximum atomic E-state index is 12.3. The average Bonchev–Trinajstić information content (AvgIpc) is 2.67. The van der Waals surface area contributed by atoms with Crippen LogP contribution in [0.3, 0.4) is 0 Å². The van der Waals surface area contributed by atoms with Gasteiger partial charge in [-0.25, -0.2) is 5.43 Å². The Morgan fingerprint density at radius 3 is 2.19 bits per heavy atom. The minimum absolute atomic E-state index is 0.333. The van der Waals surface area contributed by atoms with Crippen molar-refractivity contribution < 1.29 is 19.0 Å². The van der Waals surface area contributed by atoms with E-state index in [0.29, 0.717) is 27.3 Å². The van der Waals surface area contributed by atoms with Crippen LogP contribution in [0.15, 0.2) is 52.0 Å². The Hall–Kier alpha value is -2.80. The molecule has 0 aromatic heterocycles. The van der Waals surface area contributed by atoms with Crippen molar-refractivity contribution in [2.45, 2.75) is 0 Å². The molecule has 0 aliphatic rings. The normalized spacial score (nSPS) is 11.3. The number of allylic oxidation sites excluding steroid dienone is 1. The third-order valence-electron chi connectivity index (χ3n) is 3.39. The molecule has 1 amide bonds. The van der Waals surface area contributed by atoms with Gasteiger partial charge < -0.3 is 14.2 Å². The van der Waals surface area contributed by atoms with E-state index in [4.69, 9.17) is 14.2 Å². The fraction of sp³-hybridized carbons (Fsp3) is 0.158. The maximum absolute atomic E-state index is 12.3. The molecule has 0 saturated heterocycles. The molecular weight excluding hydrogens is 400 g/mol. The molecule has 26 heavy (non-hydrogen) atoms. The molecule has 0 atom stereocenters. The van der Waals surface area contributed by atoms with Gasteiger partial charge in [-0.3, -0.25) is 4.79 Å². The number of amides is 1. The highest BCUT2D eigenvalue weighted by Gasteiger charge is 2.16. The SMILES string of the molecule is COc1cc(C(=O)NN=CC(Br)=Cc2ccccc2)cc(OC)c1OC. The third-order valence-corrected chi connectivity index (χ3v) is 3.82. The van der Waals surface area contributed by atoms with Gasteiger partial charge in [-0.15, -0.1) is 0 Å². The van der Waals surface area contributed by atoms with E-state index in [1.54, 1.807) is 12.1 Å². The molecule has 136 valence electrons. The van der Waals surface area contributed by atoms with Crippen molar-refractivity contribution >= 4 is 34.1 Å². The van der Waals surface area contributed by atoms with Gasteiger partial charge in [0.05, 0.1) is 27.5 Å². The summed E-state index contributed by atoms with van der Waals surface area (Å²) in [6, 6.07) is 12.9. The number of benzene rings is 2. The maximum Gasteiger partial charge on any atom is 0.271 e. The highest BCUT2D eigenvalue weighted by molar-refractivity contribution is 9.12. The first-order valence-electron chi connectivity index (χ1n) is 7.64. The van der Waals surface area contributed by atoms with Crippen LogP contribution in [-0.4, -0.2) is 33.5 Å². The zero-order valence-corrected chi connectivity index (χ0v) is 16.2. The quantitative estimate of drug-likeness (QED) is 0.547. The monoisotopic (exact) mass is 418 g/mol. The molecule has 1 N–H and O–H groups in total. The summed E-state index contributed by atoms with van der Waals surface area (Å²) in [6.45, 7) is 0. The van der Waals surface area contributed by atoms with Gasteiger partial charge in [0.15, 0.2) is 11.5 Å². The van der Waals surface area contributed by atoms with E-state index in [-0.39, 0.29) is 0 Å². The van der Waals surface area contributed by atoms with E-state index in [1.165, 1.54) is 27.5 Å². The van der Waals surface area contributed by atoms with Gasteiger partial charge in [-0.1, -0.05) is 30.3 Å². The molecular formula is C19H19BrN2O4. The lowest BCUT2D eigenvalue weighted by atomic mass is 10.1. The number of methoxy groups -OCH3 is 3. The van der Waals surface area contributed by atoms with Crippen LogP contribution in [-0.2, 0) is 0 Å². The molecule has 0 heterocycles. The highest BCUT2D eigenvalue weighted by Crippen LogP contribution is 2.38. The summed E-state index contributed by atoms with van der Waals surface area (Å²) in [5.41, 5.74) is 3.81. The van der Waals surface area contributed by atoms with Gasteiger partial charge >= 0.3 is 0 Å². The van der Waals surface area contributed by atoms with Gasteiger partial charge in [-0.05, 0) is 39.7 Å². The lowest BCUT2D eigenvalue weighted by Gasteiger charge is -2.13. The predicted octanol–water partition coefficient (Wildman–Crippen LogP) is 3.86. The zero-order chi connectivity index (χ0) is 18.9. The topological polar surface area (TPSA) is 69.2 Å². The van der Waals surface area contributed by atoms with E-state index in [9.17, 15) is 4.79 Å². The van der Waals surface area contributed by atoms with Crippen LogP contribution in [0.25, 0.3) is 6.08 Å². The largest absolute Gasteiger partial charge is 0.493 e. The minimum atomic E-state index is -0.402. The van der Waals surface area contributed by atoms with E-state index in [2.05, 4.69) is 26.5 Å². The number of carbonyl (C=O) groups excluding carboxylic acids is 1. The Kier molecular flexibility index (Phi) is 7.23. The second kappa shape index (κ2) is 9.62. The lowest BCUT2D eigenvalue weighted by Crippen LogP contribution is -2.17. The molecule has 0 radical (unpaired) electrons. The molecule has 0 spiro atoms. The van der Waals surface area contributed by atoms with Gasteiger partial charge in [0, 0.05) is 10.0 Å². The number of hydrogen-bond acceptors (Lipinski definition) is 5. The van der Waals surface area contributed by atoms with Gasteiger partial charge in [0.25, 0.3) is 5.91 Å². The second-order valence-corrected chi connectivity index (χ2v) is 5.97. The molecule has 6 nitrogen and oxygen atoms in total. The smallest absolute Gasteiger partial charge is 0.271 e. The summed E-state index contributed by atoms with van der Waals surface area (Å²) in [7, 11) is 4.48. The lowest BCUT2D eigenvalue weighted by molar-refractivity contribution is 0.0954. The third kappa shape index (κ3) is 5.10. The van der Waals surface area contributed by atoms with Crippen molar-refractivity contribution in [3.8, 4) is 17.2 Å². The van der Waals surface area contributed by atoms with Crippen LogP contribution in [0, 0.1) is 0 Å². The van der Waals surface area contributed by atoms with Crippen molar-refractivity contribution in [2.24, 2.45) is 5.10 Å². The number of ether oxygens (including phenoxy) is 3. The van der Waals surface area contributed by atoms with Crippen LogP contribution in [0.4, 0.5) is 0 Å². The Balaban J connectivity index is 2.11. The first kappa shape index (κ1) is 19.5. The average molecular weight is 419 g/mol. The summed E-state index contributed by atoms with van der Waals surface area (Å²) in [4.78, 5) is 12.3. The van der Waals surface area contributed by atoms with E-state index >= 15 is 0 Å². The van der Waals surface area contributed by atoms with E-state index < -0.39 is 5.91 Å². The number of halogens is 1. The Morgan fingerprint density at radius 1 is 1.04 bits per heavy atom. The van der Waals surface area contributed by atoms with E-state index in [1.807, 2.05) is 36.4 Å². The Morgan fingerprint density at radius 2 is 1.65 bits per heavy atom. The molecule has 2 rings (SSSR count). The van der Waals surface area contributed by atoms with E-state index in [0.717, 1.165) is 5.56 Å². The number of nitrogens with one attached hydrogen (secondary N) is 1. The van der Waals surface area contributed by atoms with Crippen LogP contribution in [0.1, 0.15) is 15.9 Å². The van der Waals surface area contributed by atoms with Crippen LogP contribution >= 0.6 is 15.9 Å². The zero-order valence-electron chi connectivity index (χ0n) is 14.7. The molecule has 0 saturated carbocycles. The van der Waals surface area contributed by atoms with Gasteiger partial charge in [-0.2, -0.15) is 5.10 Å². The van der Waals surface area contributed by atoms with Gasteiger partial charge in [0.2, 0.25) is 5.75 Å². The molecule has 0 aliphatic carbocycles. The summed E-state index contributed by atoms with van der Waals surface area (Å²) >= 11 is 3.39. The first-order chi connectivity index (χ1) is 12.6. The van der Waals surface area contributed by atoms with Crippen molar-refractivity contribution in [1.29, 1.82) is 0 Å². The summed E-state index contributed by atoms with van der Waals surface area (Å²) in [5, 5.41) is 3.94. The Labute approximate surface area is 160 Å². The van der Waals surface area contributed by atoms with Crippen LogP contribution in [0.2, 0.25) is 0 Å². The minimum Gasteiger partial charge on any atom is -0.493 e. The molecule has 0 unspecified atom stereocenters. The fourth-order valence-corrected chi connectivity index (χ4v) is 2.54. The number of nitrogens with zero attached hydrogens (tertiary/aromatic N) is 1. The summed E-state index contributed by atoms with van der Waals surface area (Å²) in [6.07, 6.45) is 3.39. The summed E-state index contributed by atoms with van der Waals surface area (Å²) < 4.78 is 16.4. The molecule has 2 aromatic rings. The van der Waals surface area contributed by atoms with Crippen molar-refractivity contribution in [2.75, 3.05) is 21.3 Å². The molecule has 0 fully saturated rings. The highest BCUT2D eigenvalue weighted by atomic mass is 79.9. The summed E-state index contributed by atoms with van der Waals surface area (Å²) in [5.74, 6) is 0.807. The second-order valence-electron chi connectivity index (χ2n) is 5.05.